The molecular formula is C15H17N3O3. The molecule has 0 radical (unpaired) electrons. The Bertz CT molecular complexity index is 575. The maximum absolute atomic E-state index is 11.6. The SMILES string of the molecule is CC=CCON=C(C)c1ccc(N2C(=O)CNC2=O)cc1. The van der Waals surface area contributed by atoms with Crippen LogP contribution in [0.1, 0.15) is 19.4 Å². The molecule has 0 atom stereocenters. The van der Waals surface area contributed by atoms with Gasteiger partial charge in [0.05, 0.1) is 17.9 Å². The van der Waals surface area contributed by atoms with E-state index in [0.717, 1.165) is 16.2 Å². The molecule has 110 valence electrons. The van der Waals surface area contributed by atoms with E-state index in [1.54, 1.807) is 24.3 Å². The standard InChI is InChI=1S/C15H17N3O3/c1-3-4-9-21-17-11(2)12-5-7-13(8-6-12)18-14(19)10-16-15(18)20/h3-8H,9-10H2,1-2H3,(H,16,20). The molecule has 0 saturated carbocycles. The second-order valence-corrected chi connectivity index (χ2v) is 4.48. The Labute approximate surface area is 123 Å². The van der Waals surface area contributed by atoms with E-state index in [1.165, 1.54) is 0 Å². The number of hydrogen-bond donors (Lipinski definition) is 1. The minimum atomic E-state index is -0.396. The molecule has 1 aliphatic rings. The van der Waals surface area contributed by atoms with Crippen molar-refractivity contribution in [2.45, 2.75) is 13.8 Å². The maximum Gasteiger partial charge on any atom is 0.329 e. The quantitative estimate of drug-likeness (QED) is 0.296. The number of hydrogen-bond acceptors (Lipinski definition) is 4. The fourth-order valence-corrected chi connectivity index (χ4v) is 1.86. The van der Waals surface area contributed by atoms with Crippen molar-refractivity contribution in [1.82, 2.24) is 5.32 Å². The van der Waals surface area contributed by atoms with Crippen molar-refractivity contribution in [3.8, 4) is 0 Å². The van der Waals surface area contributed by atoms with Crippen LogP contribution in [0.5, 0.6) is 0 Å². The van der Waals surface area contributed by atoms with Gasteiger partial charge in [0.2, 0.25) is 0 Å². The molecule has 1 heterocycles. The van der Waals surface area contributed by atoms with Gasteiger partial charge in [-0.1, -0.05) is 23.4 Å². The molecule has 1 N–H and O–H groups in total. The molecule has 1 fully saturated rings. The lowest BCUT2D eigenvalue weighted by molar-refractivity contribution is -0.115. The molecule has 0 spiro atoms. The summed E-state index contributed by atoms with van der Waals surface area (Å²) < 4.78 is 0. The number of allylic oxidation sites excluding steroid dienone is 1. The van der Waals surface area contributed by atoms with Gasteiger partial charge >= 0.3 is 6.03 Å². The summed E-state index contributed by atoms with van der Waals surface area (Å²) in [5.41, 5.74) is 2.14. The smallest absolute Gasteiger partial charge is 0.329 e. The van der Waals surface area contributed by atoms with E-state index in [0.29, 0.717) is 12.3 Å². The first-order valence-electron chi connectivity index (χ1n) is 6.62. The van der Waals surface area contributed by atoms with Crippen molar-refractivity contribution in [2.24, 2.45) is 5.16 Å². The molecule has 0 unspecified atom stereocenters. The molecule has 0 aliphatic carbocycles. The second-order valence-electron chi connectivity index (χ2n) is 4.48. The van der Waals surface area contributed by atoms with Crippen LogP contribution in [0.2, 0.25) is 0 Å². The van der Waals surface area contributed by atoms with E-state index in [2.05, 4.69) is 10.5 Å². The average Bonchev–Trinajstić information content (AvgIpc) is 2.83. The Morgan fingerprint density at radius 1 is 1.38 bits per heavy atom. The summed E-state index contributed by atoms with van der Waals surface area (Å²) >= 11 is 0. The first-order valence-corrected chi connectivity index (χ1v) is 6.62. The van der Waals surface area contributed by atoms with Gasteiger partial charge in [-0.2, -0.15) is 0 Å². The van der Waals surface area contributed by atoms with E-state index in [9.17, 15) is 9.59 Å². The number of oxime groups is 1. The normalized spacial score (nSPS) is 15.7. The summed E-state index contributed by atoms with van der Waals surface area (Å²) in [4.78, 5) is 29.4. The number of amides is 3. The van der Waals surface area contributed by atoms with Gasteiger partial charge in [-0.3, -0.25) is 4.79 Å². The molecule has 3 amide bonds. The molecule has 1 aliphatic heterocycles. The Morgan fingerprint density at radius 2 is 2.10 bits per heavy atom. The summed E-state index contributed by atoms with van der Waals surface area (Å²) in [6.07, 6.45) is 3.75. The third kappa shape index (κ3) is 3.47. The number of imide groups is 1. The van der Waals surface area contributed by atoms with E-state index in [-0.39, 0.29) is 12.5 Å². The fraction of sp³-hybridized carbons (Fsp3) is 0.267. The van der Waals surface area contributed by atoms with Crippen molar-refractivity contribution in [2.75, 3.05) is 18.1 Å². The second kappa shape index (κ2) is 6.69. The number of carbonyl (C=O) groups is 2. The summed E-state index contributed by atoms with van der Waals surface area (Å²) in [6, 6.07) is 6.62. The number of carbonyl (C=O) groups excluding carboxylic acids is 2. The first-order chi connectivity index (χ1) is 10.1. The van der Waals surface area contributed by atoms with Crippen LogP contribution in [0, 0.1) is 0 Å². The largest absolute Gasteiger partial charge is 0.391 e. The van der Waals surface area contributed by atoms with Crippen LogP contribution in [-0.4, -0.2) is 30.8 Å². The molecule has 0 bridgehead atoms. The maximum atomic E-state index is 11.6. The van der Waals surface area contributed by atoms with Crippen LogP contribution >= 0.6 is 0 Å². The topological polar surface area (TPSA) is 71.0 Å². The Hall–Kier alpha value is -2.63. The van der Waals surface area contributed by atoms with E-state index >= 15 is 0 Å². The molecule has 21 heavy (non-hydrogen) atoms. The molecular weight excluding hydrogens is 270 g/mol. The fourth-order valence-electron chi connectivity index (χ4n) is 1.86. The predicted octanol–water partition coefficient (Wildman–Crippen LogP) is 2.06. The van der Waals surface area contributed by atoms with Gasteiger partial charge in [0.15, 0.2) is 0 Å². The predicted molar refractivity (Wildman–Crippen MR) is 80.3 cm³/mol. The molecule has 0 aromatic heterocycles. The molecule has 1 aromatic rings. The van der Waals surface area contributed by atoms with Crippen LogP contribution in [0.3, 0.4) is 0 Å². The summed E-state index contributed by atoms with van der Waals surface area (Å²) in [5, 5.41) is 6.48. The van der Waals surface area contributed by atoms with E-state index < -0.39 is 6.03 Å². The van der Waals surface area contributed by atoms with Crippen LogP contribution in [0.25, 0.3) is 0 Å². The lowest BCUT2D eigenvalue weighted by Crippen LogP contribution is -2.30. The summed E-state index contributed by atoms with van der Waals surface area (Å²) in [7, 11) is 0. The number of nitrogens with one attached hydrogen (secondary N) is 1. The Balaban J connectivity index is 2.08. The third-order valence-corrected chi connectivity index (χ3v) is 2.99. The number of urea groups is 1. The van der Waals surface area contributed by atoms with Crippen molar-refractivity contribution < 1.29 is 14.4 Å². The van der Waals surface area contributed by atoms with Crippen LogP contribution in [-0.2, 0) is 9.63 Å². The van der Waals surface area contributed by atoms with Crippen molar-refractivity contribution >= 4 is 23.3 Å². The highest BCUT2D eigenvalue weighted by Crippen LogP contribution is 2.18. The average molecular weight is 287 g/mol. The van der Waals surface area contributed by atoms with Gasteiger partial charge < -0.3 is 10.2 Å². The number of anilines is 1. The van der Waals surface area contributed by atoms with Gasteiger partial charge in [0.1, 0.15) is 6.61 Å². The highest BCUT2D eigenvalue weighted by molar-refractivity contribution is 6.19. The van der Waals surface area contributed by atoms with Crippen LogP contribution in [0.15, 0.2) is 41.6 Å². The summed E-state index contributed by atoms with van der Waals surface area (Å²) in [5.74, 6) is -0.257. The van der Waals surface area contributed by atoms with Gasteiger partial charge in [-0.25, -0.2) is 9.69 Å². The van der Waals surface area contributed by atoms with Gasteiger partial charge in [-0.05, 0) is 37.6 Å². The van der Waals surface area contributed by atoms with E-state index in [4.69, 9.17) is 4.84 Å². The van der Waals surface area contributed by atoms with Gasteiger partial charge in [0.25, 0.3) is 5.91 Å². The zero-order chi connectivity index (χ0) is 15.2. The molecule has 1 saturated heterocycles. The molecule has 6 heteroatoms. The van der Waals surface area contributed by atoms with Crippen molar-refractivity contribution in [3.63, 3.8) is 0 Å². The molecule has 6 nitrogen and oxygen atoms in total. The first kappa shape index (κ1) is 14.8. The lowest BCUT2D eigenvalue weighted by Gasteiger charge is -2.12. The zero-order valence-corrected chi connectivity index (χ0v) is 12.0. The zero-order valence-electron chi connectivity index (χ0n) is 12.0. The highest BCUT2D eigenvalue weighted by atomic mass is 16.6. The highest BCUT2D eigenvalue weighted by Gasteiger charge is 2.29. The lowest BCUT2D eigenvalue weighted by atomic mass is 10.1. The Morgan fingerprint density at radius 3 is 2.67 bits per heavy atom. The van der Waals surface area contributed by atoms with Crippen LogP contribution in [0.4, 0.5) is 10.5 Å². The minimum Gasteiger partial charge on any atom is -0.391 e. The Kier molecular flexibility index (Phi) is 4.71. The molecule has 2 rings (SSSR count). The third-order valence-electron chi connectivity index (χ3n) is 2.99. The van der Waals surface area contributed by atoms with Crippen molar-refractivity contribution in [3.05, 3.63) is 42.0 Å². The van der Waals surface area contributed by atoms with Gasteiger partial charge in [-0.15, -0.1) is 0 Å². The van der Waals surface area contributed by atoms with Crippen molar-refractivity contribution in [1.29, 1.82) is 0 Å². The van der Waals surface area contributed by atoms with Gasteiger partial charge in [0, 0.05) is 0 Å². The van der Waals surface area contributed by atoms with Crippen LogP contribution < -0.4 is 10.2 Å². The minimum absolute atomic E-state index is 0.0415. The van der Waals surface area contributed by atoms with E-state index in [1.807, 2.05) is 26.0 Å². The number of nitrogens with zero attached hydrogens (tertiary/aromatic N) is 2. The monoisotopic (exact) mass is 287 g/mol. The summed E-state index contributed by atoms with van der Waals surface area (Å²) in [6.45, 7) is 4.21. The number of benzene rings is 1. The molecule has 1 aromatic carbocycles. The number of rotatable bonds is 5.